The number of hydrogen-bond acceptors (Lipinski definition) is 5. The highest BCUT2D eigenvalue weighted by Gasteiger charge is 2.15. The van der Waals surface area contributed by atoms with E-state index in [1.54, 1.807) is 30.8 Å². The van der Waals surface area contributed by atoms with E-state index in [2.05, 4.69) is 9.97 Å². The van der Waals surface area contributed by atoms with Gasteiger partial charge in [0, 0.05) is 11.6 Å². The molecule has 0 saturated heterocycles. The van der Waals surface area contributed by atoms with E-state index in [9.17, 15) is 4.79 Å². The van der Waals surface area contributed by atoms with Gasteiger partial charge in [-0.1, -0.05) is 0 Å². The molecule has 2 rings (SSSR count). The predicted octanol–water partition coefficient (Wildman–Crippen LogP) is 2.38. The van der Waals surface area contributed by atoms with Crippen LogP contribution in [0.3, 0.4) is 0 Å². The minimum atomic E-state index is -0.362. The molecule has 0 spiro atoms. The molecule has 0 fully saturated rings. The zero-order valence-corrected chi connectivity index (χ0v) is 9.53. The third-order valence-electron chi connectivity index (χ3n) is 1.98. The minimum absolute atomic E-state index is 0.351. The van der Waals surface area contributed by atoms with Gasteiger partial charge < -0.3 is 4.74 Å². The Morgan fingerprint density at radius 3 is 3.06 bits per heavy atom. The Morgan fingerprint density at radius 2 is 2.38 bits per heavy atom. The van der Waals surface area contributed by atoms with Crippen molar-refractivity contribution >= 4 is 17.3 Å². The number of aromatic nitrogens is 2. The molecular weight excluding hydrogens is 224 g/mol. The number of esters is 1. The van der Waals surface area contributed by atoms with Gasteiger partial charge >= 0.3 is 5.97 Å². The van der Waals surface area contributed by atoms with Crippen LogP contribution < -0.4 is 0 Å². The van der Waals surface area contributed by atoms with Crippen molar-refractivity contribution in [2.75, 3.05) is 6.61 Å². The summed E-state index contributed by atoms with van der Waals surface area (Å²) in [5.41, 5.74) is 3.44. The molecule has 0 aliphatic rings. The van der Waals surface area contributed by atoms with Crippen LogP contribution >= 0.6 is 11.3 Å². The Balaban J connectivity index is 2.42. The maximum atomic E-state index is 11.7. The number of rotatable bonds is 3. The van der Waals surface area contributed by atoms with E-state index < -0.39 is 0 Å². The lowest BCUT2D eigenvalue weighted by Crippen LogP contribution is -2.07. The molecule has 0 radical (unpaired) electrons. The van der Waals surface area contributed by atoms with Gasteiger partial charge in [-0.2, -0.15) is 0 Å². The molecule has 2 aromatic heterocycles. The average molecular weight is 234 g/mol. The quantitative estimate of drug-likeness (QED) is 0.765. The van der Waals surface area contributed by atoms with E-state index in [1.165, 1.54) is 11.3 Å². The molecule has 0 amide bonds. The van der Waals surface area contributed by atoms with E-state index in [0.717, 1.165) is 0 Å². The Hall–Kier alpha value is -1.75. The fourth-order valence-corrected chi connectivity index (χ4v) is 1.85. The summed E-state index contributed by atoms with van der Waals surface area (Å²) in [6.07, 6.45) is 1.64. The Morgan fingerprint density at radius 1 is 1.50 bits per heavy atom. The molecule has 0 aliphatic carbocycles. The van der Waals surface area contributed by atoms with E-state index in [-0.39, 0.29) is 5.97 Å². The maximum Gasteiger partial charge on any atom is 0.340 e. The molecule has 0 aliphatic heterocycles. The zero-order chi connectivity index (χ0) is 11.4. The van der Waals surface area contributed by atoms with Crippen LogP contribution in [0.2, 0.25) is 0 Å². The van der Waals surface area contributed by atoms with Crippen molar-refractivity contribution in [3.8, 4) is 11.4 Å². The van der Waals surface area contributed by atoms with Gasteiger partial charge in [-0.05, 0) is 19.1 Å². The second-order valence-corrected chi connectivity index (χ2v) is 3.71. The van der Waals surface area contributed by atoms with Gasteiger partial charge in [-0.25, -0.2) is 9.78 Å². The van der Waals surface area contributed by atoms with Crippen LogP contribution in [0.1, 0.15) is 17.3 Å². The molecule has 2 aromatic rings. The summed E-state index contributed by atoms with van der Waals surface area (Å²) < 4.78 is 4.96. The second kappa shape index (κ2) is 4.85. The van der Waals surface area contributed by atoms with Gasteiger partial charge in [0.2, 0.25) is 0 Å². The molecule has 2 heterocycles. The maximum absolute atomic E-state index is 11.7. The summed E-state index contributed by atoms with van der Waals surface area (Å²) in [5.74, 6) is -0.362. The summed E-state index contributed by atoms with van der Waals surface area (Å²) in [7, 11) is 0. The van der Waals surface area contributed by atoms with Crippen molar-refractivity contribution in [2.45, 2.75) is 6.92 Å². The molecule has 5 heteroatoms. The van der Waals surface area contributed by atoms with Gasteiger partial charge in [0.1, 0.15) is 11.4 Å². The number of ether oxygens (including phenoxy) is 1. The number of carbonyl (C=O) groups excluding carboxylic acids is 1. The van der Waals surface area contributed by atoms with Crippen molar-refractivity contribution in [3.63, 3.8) is 0 Å². The van der Waals surface area contributed by atoms with E-state index in [4.69, 9.17) is 4.74 Å². The topological polar surface area (TPSA) is 52.1 Å². The first kappa shape index (κ1) is 10.8. The summed E-state index contributed by atoms with van der Waals surface area (Å²) >= 11 is 1.46. The van der Waals surface area contributed by atoms with Crippen molar-refractivity contribution in [3.05, 3.63) is 34.8 Å². The molecule has 0 N–H and O–H groups in total. The Kier molecular flexibility index (Phi) is 3.26. The fourth-order valence-electron chi connectivity index (χ4n) is 1.31. The van der Waals surface area contributed by atoms with Crippen LogP contribution in [-0.4, -0.2) is 22.5 Å². The monoisotopic (exact) mass is 234 g/mol. The van der Waals surface area contributed by atoms with Gasteiger partial charge in [0.05, 0.1) is 17.7 Å². The van der Waals surface area contributed by atoms with Gasteiger partial charge in [0.15, 0.2) is 0 Å². The fraction of sp³-hybridized carbons (Fsp3) is 0.182. The highest BCUT2D eigenvalue weighted by Crippen LogP contribution is 2.21. The van der Waals surface area contributed by atoms with Gasteiger partial charge in [0.25, 0.3) is 0 Å². The summed E-state index contributed by atoms with van der Waals surface area (Å²) in [4.78, 5) is 20.0. The van der Waals surface area contributed by atoms with Crippen LogP contribution in [0.4, 0.5) is 0 Å². The SMILES string of the molecule is CCOC(=O)c1cccnc1-c1cscn1. The van der Waals surface area contributed by atoms with E-state index in [0.29, 0.717) is 23.6 Å². The number of hydrogen-bond donors (Lipinski definition) is 0. The molecule has 4 nitrogen and oxygen atoms in total. The highest BCUT2D eigenvalue weighted by molar-refractivity contribution is 7.07. The van der Waals surface area contributed by atoms with Crippen LogP contribution in [0.15, 0.2) is 29.2 Å². The van der Waals surface area contributed by atoms with Crippen LogP contribution in [0, 0.1) is 0 Å². The summed E-state index contributed by atoms with van der Waals surface area (Å²) in [6, 6.07) is 3.40. The predicted molar refractivity (Wildman–Crippen MR) is 61.3 cm³/mol. The van der Waals surface area contributed by atoms with E-state index in [1.807, 2.05) is 5.38 Å². The van der Waals surface area contributed by atoms with Crippen molar-refractivity contribution in [2.24, 2.45) is 0 Å². The highest BCUT2D eigenvalue weighted by atomic mass is 32.1. The second-order valence-electron chi connectivity index (χ2n) is 2.99. The molecule has 0 saturated carbocycles. The van der Waals surface area contributed by atoms with Crippen LogP contribution in [0.25, 0.3) is 11.4 Å². The van der Waals surface area contributed by atoms with Crippen LogP contribution in [-0.2, 0) is 4.74 Å². The van der Waals surface area contributed by atoms with Gasteiger partial charge in [-0.15, -0.1) is 11.3 Å². The van der Waals surface area contributed by atoms with Gasteiger partial charge in [-0.3, -0.25) is 4.98 Å². The molecule has 0 bridgehead atoms. The number of pyridine rings is 1. The molecule has 0 aromatic carbocycles. The first-order chi connectivity index (χ1) is 7.83. The Labute approximate surface area is 96.9 Å². The third kappa shape index (κ3) is 2.09. The van der Waals surface area contributed by atoms with E-state index >= 15 is 0 Å². The third-order valence-corrected chi connectivity index (χ3v) is 2.56. The number of thiazole rings is 1. The lowest BCUT2D eigenvalue weighted by molar-refractivity contribution is 0.0527. The first-order valence-corrected chi connectivity index (χ1v) is 5.78. The average Bonchev–Trinajstić information content (AvgIpc) is 2.83. The molecule has 0 atom stereocenters. The summed E-state index contributed by atoms with van der Waals surface area (Å²) in [5, 5.41) is 1.85. The minimum Gasteiger partial charge on any atom is -0.462 e. The summed E-state index contributed by atoms with van der Waals surface area (Å²) in [6.45, 7) is 2.13. The van der Waals surface area contributed by atoms with Crippen molar-refractivity contribution < 1.29 is 9.53 Å². The standard InChI is InChI=1S/C11H10N2O2S/c1-2-15-11(14)8-4-3-5-12-10(8)9-6-16-7-13-9/h3-7H,2H2,1H3. The molecule has 0 unspecified atom stereocenters. The number of nitrogens with zero attached hydrogens (tertiary/aromatic N) is 2. The smallest absolute Gasteiger partial charge is 0.340 e. The molecular formula is C11H10N2O2S. The number of carbonyl (C=O) groups is 1. The Bertz CT molecular complexity index is 482. The first-order valence-electron chi connectivity index (χ1n) is 4.83. The van der Waals surface area contributed by atoms with Crippen molar-refractivity contribution in [1.29, 1.82) is 0 Å². The van der Waals surface area contributed by atoms with Crippen LogP contribution in [0.5, 0.6) is 0 Å². The molecule has 16 heavy (non-hydrogen) atoms. The zero-order valence-electron chi connectivity index (χ0n) is 8.71. The molecule has 82 valence electrons. The van der Waals surface area contributed by atoms with Crippen molar-refractivity contribution in [1.82, 2.24) is 9.97 Å². The lowest BCUT2D eigenvalue weighted by atomic mass is 10.1. The lowest BCUT2D eigenvalue weighted by Gasteiger charge is -2.05. The largest absolute Gasteiger partial charge is 0.462 e. The normalized spacial score (nSPS) is 10.1.